The van der Waals surface area contributed by atoms with Gasteiger partial charge in [0.1, 0.15) is 12.0 Å². The summed E-state index contributed by atoms with van der Waals surface area (Å²) in [5.74, 6) is 0.523. The van der Waals surface area contributed by atoms with Gasteiger partial charge in [-0.25, -0.2) is 18.4 Å². The number of hydrogen-bond donors (Lipinski definition) is 1. The fourth-order valence-corrected chi connectivity index (χ4v) is 2.52. The van der Waals surface area contributed by atoms with Crippen LogP contribution in [0.3, 0.4) is 0 Å². The van der Waals surface area contributed by atoms with Crippen molar-refractivity contribution in [1.82, 2.24) is 19.4 Å². The highest BCUT2D eigenvalue weighted by atomic mass is 32.2. The van der Waals surface area contributed by atoms with E-state index < -0.39 is 10.0 Å². The van der Waals surface area contributed by atoms with Gasteiger partial charge in [-0.05, 0) is 19.9 Å². The molecule has 0 unspecified atom stereocenters. The first-order valence-electron chi connectivity index (χ1n) is 5.82. The number of hydrogen-bond acceptors (Lipinski definition) is 5. The molecule has 0 saturated heterocycles. The van der Waals surface area contributed by atoms with Gasteiger partial charge in [-0.15, -0.1) is 4.83 Å². The largest absolute Gasteiger partial charge is 0.330 e. The molecule has 0 aliphatic carbocycles. The minimum atomic E-state index is -3.34. The van der Waals surface area contributed by atoms with Gasteiger partial charge in [0.25, 0.3) is 0 Å². The van der Waals surface area contributed by atoms with Crippen LogP contribution in [-0.2, 0) is 10.0 Å². The summed E-state index contributed by atoms with van der Waals surface area (Å²) in [5, 5.41) is 2.18. The highest BCUT2D eigenvalue weighted by molar-refractivity contribution is 7.88. The normalized spacial score (nSPS) is 12.3. The number of hydrazine groups is 1. The lowest BCUT2D eigenvalue weighted by Crippen LogP contribution is -2.39. The van der Waals surface area contributed by atoms with Crippen molar-refractivity contribution in [3.63, 3.8) is 0 Å². The van der Waals surface area contributed by atoms with Crippen molar-refractivity contribution in [1.29, 1.82) is 0 Å². The van der Waals surface area contributed by atoms with Gasteiger partial charge in [0, 0.05) is 19.3 Å². The first kappa shape index (κ1) is 13.8. The fraction of sp³-hybridized carbons (Fsp3) is 0.455. The van der Waals surface area contributed by atoms with E-state index in [1.165, 1.54) is 11.3 Å². The quantitative estimate of drug-likeness (QED) is 0.844. The van der Waals surface area contributed by atoms with E-state index in [1.54, 1.807) is 7.05 Å². The molecule has 8 heteroatoms. The van der Waals surface area contributed by atoms with Crippen molar-refractivity contribution < 1.29 is 8.42 Å². The van der Waals surface area contributed by atoms with E-state index in [0.29, 0.717) is 5.82 Å². The molecule has 0 spiro atoms. The molecule has 104 valence electrons. The van der Waals surface area contributed by atoms with Gasteiger partial charge in [-0.2, -0.15) is 0 Å². The summed E-state index contributed by atoms with van der Waals surface area (Å²) in [5.41, 5.74) is 0.780. The Hall–Kier alpha value is -1.67. The minimum absolute atomic E-state index is 0.272. The monoisotopic (exact) mass is 283 g/mol. The van der Waals surface area contributed by atoms with Gasteiger partial charge in [-0.3, -0.25) is 5.01 Å². The Labute approximate surface area is 112 Å². The molecule has 0 atom stereocenters. The van der Waals surface area contributed by atoms with E-state index >= 15 is 0 Å². The third kappa shape index (κ3) is 2.85. The first-order valence-corrected chi connectivity index (χ1v) is 7.71. The lowest BCUT2D eigenvalue weighted by molar-refractivity contribution is 0.586. The van der Waals surface area contributed by atoms with E-state index in [2.05, 4.69) is 28.6 Å². The number of fused-ring (bicyclic) bond motifs is 1. The van der Waals surface area contributed by atoms with Crippen LogP contribution in [0, 0.1) is 0 Å². The number of nitrogens with zero attached hydrogens (tertiary/aromatic N) is 4. The maximum atomic E-state index is 11.3. The van der Waals surface area contributed by atoms with Crippen LogP contribution in [-0.4, -0.2) is 36.3 Å². The molecule has 0 aromatic carbocycles. The van der Waals surface area contributed by atoms with E-state index in [9.17, 15) is 8.42 Å². The highest BCUT2D eigenvalue weighted by Gasteiger charge is 2.15. The maximum absolute atomic E-state index is 11.3. The summed E-state index contributed by atoms with van der Waals surface area (Å²) in [4.78, 5) is 10.8. The van der Waals surface area contributed by atoms with Crippen molar-refractivity contribution in [2.24, 2.45) is 0 Å². The minimum Gasteiger partial charge on any atom is -0.330 e. The predicted octanol–water partition coefficient (Wildman–Crippen LogP) is 0.913. The smallest absolute Gasteiger partial charge is 0.225 e. The average Bonchev–Trinajstić information content (AvgIpc) is 2.69. The molecule has 0 amide bonds. The Balaban J connectivity index is 2.50. The molecule has 0 radical (unpaired) electrons. The summed E-state index contributed by atoms with van der Waals surface area (Å²) < 4.78 is 24.5. The fourth-order valence-electron chi connectivity index (χ4n) is 1.93. The predicted molar refractivity (Wildman–Crippen MR) is 74.3 cm³/mol. The zero-order valence-corrected chi connectivity index (χ0v) is 12.1. The Morgan fingerprint density at radius 3 is 2.63 bits per heavy atom. The molecule has 0 bridgehead atoms. The van der Waals surface area contributed by atoms with Crippen LogP contribution in [0.15, 0.2) is 18.6 Å². The summed E-state index contributed by atoms with van der Waals surface area (Å²) >= 11 is 0. The third-order valence-electron chi connectivity index (χ3n) is 2.67. The van der Waals surface area contributed by atoms with Gasteiger partial charge < -0.3 is 4.57 Å². The van der Waals surface area contributed by atoms with Crippen molar-refractivity contribution in [3.8, 4) is 0 Å². The topological polar surface area (TPSA) is 80.1 Å². The van der Waals surface area contributed by atoms with Gasteiger partial charge in [0.05, 0.1) is 11.6 Å². The van der Waals surface area contributed by atoms with E-state index in [0.717, 1.165) is 17.3 Å². The number of nitrogens with one attached hydrogen (secondary N) is 1. The van der Waals surface area contributed by atoms with E-state index in [1.807, 2.05) is 16.8 Å². The summed E-state index contributed by atoms with van der Waals surface area (Å²) in [6, 6.07) is 2.15. The standard InChI is InChI=1S/C11H17N5O2S/c1-8(2)16-6-5-9-10(12-7-13-11(9)16)15(3)14-19(4,17)18/h5-8,14H,1-4H3. The Morgan fingerprint density at radius 2 is 2.05 bits per heavy atom. The molecule has 0 saturated carbocycles. The molecule has 1 N–H and O–H groups in total. The molecule has 2 heterocycles. The molecular formula is C11H17N5O2S. The Kier molecular flexibility index (Phi) is 3.46. The van der Waals surface area contributed by atoms with Gasteiger partial charge in [0.2, 0.25) is 10.0 Å². The van der Waals surface area contributed by atoms with Crippen LogP contribution >= 0.6 is 0 Å². The van der Waals surface area contributed by atoms with E-state index in [-0.39, 0.29) is 6.04 Å². The molecular weight excluding hydrogens is 266 g/mol. The van der Waals surface area contributed by atoms with Crippen LogP contribution in [0.2, 0.25) is 0 Å². The van der Waals surface area contributed by atoms with Gasteiger partial charge >= 0.3 is 0 Å². The second-order valence-electron chi connectivity index (χ2n) is 4.67. The van der Waals surface area contributed by atoms with Crippen LogP contribution in [0.25, 0.3) is 11.0 Å². The zero-order chi connectivity index (χ0) is 14.2. The van der Waals surface area contributed by atoms with Crippen LogP contribution in [0.4, 0.5) is 5.82 Å². The molecule has 2 aromatic rings. The van der Waals surface area contributed by atoms with Crippen LogP contribution in [0.1, 0.15) is 19.9 Å². The van der Waals surface area contributed by atoms with Gasteiger partial charge in [-0.1, -0.05) is 0 Å². The molecule has 7 nitrogen and oxygen atoms in total. The van der Waals surface area contributed by atoms with Crippen LogP contribution < -0.4 is 9.84 Å². The molecule has 19 heavy (non-hydrogen) atoms. The molecule has 0 aliphatic heterocycles. The average molecular weight is 283 g/mol. The van der Waals surface area contributed by atoms with Crippen molar-refractivity contribution >= 4 is 26.9 Å². The summed E-state index contributed by atoms with van der Waals surface area (Å²) in [6.45, 7) is 4.11. The number of aromatic nitrogens is 3. The first-order chi connectivity index (χ1) is 8.79. The third-order valence-corrected chi connectivity index (χ3v) is 3.27. The van der Waals surface area contributed by atoms with Crippen molar-refractivity contribution in [3.05, 3.63) is 18.6 Å². The maximum Gasteiger partial charge on any atom is 0.225 e. The second-order valence-corrected chi connectivity index (χ2v) is 6.40. The number of anilines is 1. The molecule has 2 rings (SSSR count). The summed E-state index contributed by atoms with van der Waals surface area (Å²) in [6.07, 6.45) is 4.44. The highest BCUT2D eigenvalue weighted by Crippen LogP contribution is 2.24. The van der Waals surface area contributed by atoms with Gasteiger partial charge in [0.15, 0.2) is 5.82 Å². The number of sulfonamides is 1. The summed E-state index contributed by atoms with van der Waals surface area (Å²) in [7, 11) is -1.73. The SMILES string of the molecule is CC(C)n1ccc2c(N(C)NS(C)(=O)=O)ncnc21. The van der Waals surface area contributed by atoms with Crippen LogP contribution in [0.5, 0.6) is 0 Å². The van der Waals surface area contributed by atoms with Crippen molar-refractivity contribution in [2.75, 3.05) is 18.3 Å². The second kappa shape index (κ2) is 4.78. The Bertz CT molecular complexity index is 692. The lowest BCUT2D eigenvalue weighted by atomic mass is 10.3. The van der Waals surface area contributed by atoms with E-state index in [4.69, 9.17) is 0 Å². The molecule has 0 fully saturated rings. The Morgan fingerprint density at radius 1 is 1.37 bits per heavy atom. The zero-order valence-electron chi connectivity index (χ0n) is 11.3. The number of rotatable bonds is 4. The molecule has 0 aliphatic rings. The molecule has 2 aromatic heterocycles. The van der Waals surface area contributed by atoms with Crippen molar-refractivity contribution in [2.45, 2.75) is 19.9 Å². The lowest BCUT2D eigenvalue weighted by Gasteiger charge is -2.18.